The summed E-state index contributed by atoms with van der Waals surface area (Å²) >= 11 is 6.11. The molecule has 0 aliphatic rings. The number of imidazole rings is 1. The Hall–Kier alpha value is -2.52. The molecule has 4 aromatic rings. The van der Waals surface area contributed by atoms with E-state index in [0.717, 1.165) is 18.1 Å². The maximum Gasteiger partial charge on any atom is 0.0949 e. The molecule has 0 spiro atoms. The molecule has 0 aliphatic carbocycles. The van der Waals surface area contributed by atoms with Crippen molar-refractivity contribution in [1.29, 1.82) is 0 Å². The minimum Gasteiger partial charge on any atom is -0.343 e. The van der Waals surface area contributed by atoms with Crippen LogP contribution in [-0.2, 0) is 13.1 Å². The predicted octanol–water partition coefficient (Wildman–Crippen LogP) is 4.59. The van der Waals surface area contributed by atoms with Gasteiger partial charge in [-0.25, -0.2) is 4.98 Å². The van der Waals surface area contributed by atoms with E-state index in [1.54, 1.807) is 0 Å². The molecule has 23 heavy (non-hydrogen) atoms. The van der Waals surface area contributed by atoms with E-state index < -0.39 is 0 Å². The van der Waals surface area contributed by atoms with E-state index in [9.17, 15) is 0 Å². The van der Waals surface area contributed by atoms with Gasteiger partial charge in [-0.1, -0.05) is 41.9 Å². The average Bonchev–Trinajstić information content (AvgIpc) is 3.17. The summed E-state index contributed by atoms with van der Waals surface area (Å²) in [5.41, 5.74) is 3.73. The topological polar surface area (TPSA) is 22.8 Å². The van der Waals surface area contributed by atoms with E-state index in [1.807, 2.05) is 36.9 Å². The van der Waals surface area contributed by atoms with Crippen LogP contribution >= 0.6 is 11.6 Å². The lowest BCUT2D eigenvalue weighted by Crippen LogP contribution is -1.98. The summed E-state index contributed by atoms with van der Waals surface area (Å²) in [5, 5.41) is 2.06. The maximum absolute atomic E-state index is 6.11. The van der Waals surface area contributed by atoms with Crippen molar-refractivity contribution in [3.63, 3.8) is 0 Å². The first-order valence-electron chi connectivity index (χ1n) is 7.56. The lowest BCUT2D eigenvalue weighted by Gasteiger charge is -2.06. The van der Waals surface area contributed by atoms with Gasteiger partial charge in [0.25, 0.3) is 0 Å². The van der Waals surface area contributed by atoms with Crippen LogP contribution in [-0.4, -0.2) is 14.1 Å². The van der Waals surface area contributed by atoms with Crippen LogP contribution in [0.1, 0.15) is 11.1 Å². The zero-order valence-electron chi connectivity index (χ0n) is 12.6. The molecule has 2 heterocycles. The highest BCUT2D eigenvalue weighted by molar-refractivity contribution is 6.30. The average molecular weight is 322 g/mol. The van der Waals surface area contributed by atoms with E-state index in [2.05, 4.69) is 50.6 Å². The van der Waals surface area contributed by atoms with Gasteiger partial charge in [0, 0.05) is 41.1 Å². The van der Waals surface area contributed by atoms with Crippen molar-refractivity contribution in [3.05, 3.63) is 89.6 Å². The Balaban J connectivity index is 1.74. The molecular formula is C19H16ClN3. The number of hydrogen-bond donors (Lipinski definition) is 0. The van der Waals surface area contributed by atoms with Crippen LogP contribution in [0.25, 0.3) is 10.9 Å². The highest BCUT2D eigenvalue weighted by Crippen LogP contribution is 2.23. The van der Waals surface area contributed by atoms with Gasteiger partial charge in [0.1, 0.15) is 0 Å². The number of rotatable bonds is 4. The molecule has 0 saturated heterocycles. The van der Waals surface area contributed by atoms with Crippen molar-refractivity contribution in [3.8, 4) is 0 Å². The first-order valence-corrected chi connectivity index (χ1v) is 7.94. The monoisotopic (exact) mass is 321 g/mol. The van der Waals surface area contributed by atoms with Crippen molar-refractivity contribution in [1.82, 2.24) is 14.1 Å². The summed E-state index contributed by atoms with van der Waals surface area (Å²) in [5.74, 6) is 0. The summed E-state index contributed by atoms with van der Waals surface area (Å²) in [6.07, 6.45) is 7.88. The molecule has 0 bridgehead atoms. The van der Waals surface area contributed by atoms with Crippen molar-refractivity contribution < 1.29 is 0 Å². The summed E-state index contributed by atoms with van der Waals surface area (Å²) in [4.78, 5) is 4.12. The number of para-hydroxylation sites is 1. The lowest BCUT2D eigenvalue weighted by atomic mass is 10.2. The van der Waals surface area contributed by atoms with Gasteiger partial charge in [-0.3, -0.25) is 0 Å². The molecule has 4 rings (SSSR count). The summed E-state index contributed by atoms with van der Waals surface area (Å²) < 4.78 is 4.37. The van der Waals surface area contributed by atoms with Gasteiger partial charge in [-0.05, 0) is 29.3 Å². The second-order valence-corrected chi connectivity index (χ2v) is 6.10. The summed E-state index contributed by atoms with van der Waals surface area (Å²) in [6, 6.07) is 16.5. The van der Waals surface area contributed by atoms with Crippen LogP contribution in [0.4, 0.5) is 0 Å². The Morgan fingerprint density at radius 3 is 2.74 bits per heavy atom. The molecule has 2 aromatic heterocycles. The molecule has 0 radical (unpaired) electrons. The van der Waals surface area contributed by atoms with Gasteiger partial charge in [0.15, 0.2) is 0 Å². The minimum absolute atomic E-state index is 0.776. The molecule has 0 fully saturated rings. The van der Waals surface area contributed by atoms with E-state index in [1.165, 1.54) is 22.0 Å². The van der Waals surface area contributed by atoms with Crippen molar-refractivity contribution >= 4 is 22.5 Å². The fourth-order valence-corrected chi connectivity index (χ4v) is 3.20. The van der Waals surface area contributed by atoms with Crippen molar-refractivity contribution in [2.75, 3.05) is 0 Å². The second-order valence-electron chi connectivity index (χ2n) is 5.66. The molecule has 3 nitrogen and oxygen atoms in total. The fourth-order valence-electron chi connectivity index (χ4n) is 2.99. The SMILES string of the molecule is Clc1cccc(Cn2cc(Cn3ccnc3)c3ccccc32)c1. The number of hydrogen-bond acceptors (Lipinski definition) is 1. The highest BCUT2D eigenvalue weighted by atomic mass is 35.5. The van der Waals surface area contributed by atoms with Gasteiger partial charge >= 0.3 is 0 Å². The first kappa shape index (κ1) is 14.1. The Morgan fingerprint density at radius 1 is 1.00 bits per heavy atom. The second kappa shape index (κ2) is 5.94. The zero-order chi connectivity index (χ0) is 15.6. The number of nitrogens with zero attached hydrogens (tertiary/aromatic N) is 3. The van der Waals surface area contributed by atoms with Gasteiger partial charge in [-0.2, -0.15) is 0 Å². The van der Waals surface area contributed by atoms with Crippen LogP contribution in [0.2, 0.25) is 5.02 Å². The largest absolute Gasteiger partial charge is 0.343 e. The number of halogens is 1. The van der Waals surface area contributed by atoms with Crippen LogP contribution in [0.15, 0.2) is 73.4 Å². The van der Waals surface area contributed by atoms with Crippen molar-refractivity contribution in [2.45, 2.75) is 13.1 Å². The van der Waals surface area contributed by atoms with Gasteiger partial charge in [-0.15, -0.1) is 0 Å². The number of aromatic nitrogens is 3. The smallest absolute Gasteiger partial charge is 0.0949 e. The summed E-state index contributed by atoms with van der Waals surface area (Å²) in [7, 11) is 0. The minimum atomic E-state index is 0.776. The molecule has 2 aromatic carbocycles. The Labute approximate surface area is 139 Å². The number of benzene rings is 2. The molecule has 4 heteroatoms. The fraction of sp³-hybridized carbons (Fsp3) is 0.105. The molecule has 0 N–H and O–H groups in total. The number of fused-ring (bicyclic) bond motifs is 1. The lowest BCUT2D eigenvalue weighted by molar-refractivity contribution is 0.783. The van der Waals surface area contributed by atoms with Gasteiger partial charge < -0.3 is 9.13 Å². The quantitative estimate of drug-likeness (QED) is 0.539. The van der Waals surface area contributed by atoms with Crippen LogP contribution in [0, 0.1) is 0 Å². The van der Waals surface area contributed by atoms with E-state index in [4.69, 9.17) is 11.6 Å². The molecular weight excluding hydrogens is 306 g/mol. The van der Waals surface area contributed by atoms with Crippen LogP contribution in [0.3, 0.4) is 0 Å². The van der Waals surface area contributed by atoms with Crippen LogP contribution < -0.4 is 0 Å². The predicted molar refractivity (Wildman–Crippen MR) is 93.8 cm³/mol. The maximum atomic E-state index is 6.11. The standard InChI is InChI=1S/C19H16ClN3/c20-17-5-3-4-15(10-17)11-23-13-16(12-22-9-8-21-14-22)18-6-1-2-7-19(18)23/h1-10,13-14H,11-12H2. The van der Waals surface area contributed by atoms with E-state index in [-0.39, 0.29) is 0 Å². The Morgan fingerprint density at radius 2 is 1.91 bits per heavy atom. The molecule has 0 amide bonds. The first-order chi connectivity index (χ1) is 11.3. The molecule has 0 unspecified atom stereocenters. The van der Waals surface area contributed by atoms with Crippen molar-refractivity contribution in [2.24, 2.45) is 0 Å². The van der Waals surface area contributed by atoms with E-state index in [0.29, 0.717) is 0 Å². The summed E-state index contributed by atoms with van der Waals surface area (Å²) in [6.45, 7) is 1.63. The highest BCUT2D eigenvalue weighted by Gasteiger charge is 2.09. The van der Waals surface area contributed by atoms with E-state index >= 15 is 0 Å². The zero-order valence-corrected chi connectivity index (χ0v) is 13.3. The van der Waals surface area contributed by atoms with Gasteiger partial charge in [0.05, 0.1) is 12.9 Å². The third-order valence-electron chi connectivity index (χ3n) is 4.03. The molecule has 0 aliphatic heterocycles. The molecule has 0 atom stereocenters. The third kappa shape index (κ3) is 2.88. The molecule has 114 valence electrons. The Kier molecular flexibility index (Phi) is 3.64. The Bertz CT molecular complexity index is 938. The van der Waals surface area contributed by atoms with Gasteiger partial charge in [0.2, 0.25) is 0 Å². The third-order valence-corrected chi connectivity index (χ3v) is 4.26. The normalized spacial score (nSPS) is 11.2. The van der Waals surface area contributed by atoms with Crippen LogP contribution in [0.5, 0.6) is 0 Å². The molecule has 0 saturated carbocycles.